The maximum absolute atomic E-state index is 13.2. The first-order valence-corrected chi connectivity index (χ1v) is 10.0. The van der Waals surface area contributed by atoms with E-state index in [-0.39, 0.29) is 23.2 Å². The van der Waals surface area contributed by atoms with Crippen LogP contribution in [0.5, 0.6) is 0 Å². The number of sulfonamides is 1. The highest BCUT2D eigenvalue weighted by Crippen LogP contribution is 2.17. The molecule has 0 aliphatic carbocycles. The molecule has 0 saturated carbocycles. The lowest BCUT2D eigenvalue weighted by molar-refractivity contribution is 0.0951. The minimum absolute atomic E-state index is 0.162. The van der Waals surface area contributed by atoms with E-state index >= 15 is 0 Å². The zero-order valence-corrected chi connectivity index (χ0v) is 16.0. The molecule has 0 spiro atoms. The van der Waals surface area contributed by atoms with Crippen LogP contribution in [0.3, 0.4) is 0 Å². The van der Waals surface area contributed by atoms with Crippen LogP contribution in [-0.4, -0.2) is 14.3 Å². The zero-order valence-electron chi connectivity index (χ0n) is 15.1. The molecule has 1 amide bonds. The fourth-order valence-corrected chi connectivity index (χ4v) is 3.61. The largest absolute Gasteiger partial charge is 0.348 e. The van der Waals surface area contributed by atoms with Gasteiger partial charge in [0, 0.05) is 17.8 Å². The summed E-state index contributed by atoms with van der Waals surface area (Å²) in [7, 11) is -3.70. The number of benzene rings is 3. The van der Waals surface area contributed by atoms with Crippen LogP contribution in [0, 0.1) is 12.7 Å². The summed E-state index contributed by atoms with van der Waals surface area (Å²) in [6.45, 7) is 2.07. The second-order valence-corrected chi connectivity index (χ2v) is 7.99. The third-order valence-corrected chi connectivity index (χ3v) is 5.47. The number of halogens is 1. The Bertz CT molecular complexity index is 1080. The normalized spacial score (nSPS) is 11.1. The second kappa shape index (κ2) is 8.22. The van der Waals surface area contributed by atoms with Gasteiger partial charge in [-0.05, 0) is 61.0 Å². The van der Waals surface area contributed by atoms with Gasteiger partial charge in [0.25, 0.3) is 15.9 Å². The molecule has 0 heterocycles. The first-order chi connectivity index (χ1) is 13.3. The van der Waals surface area contributed by atoms with Crippen molar-refractivity contribution in [2.45, 2.75) is 18.4 Å². The van der Waals surface area contributed by atoms with Crippen LogP contribution in [0.1, 0.15) is 21.5 Å². The Morgan fingerprint density at radius 3 is 2.29 bits per heavy atom. The number of carbonyl (C=O) groups excluding carboxylic acids is 1. The smallest absolute Gasteiger partial charge is 0.261 e. The standard InChI is InChI=1S/C21H19FN2O3S/c1-15-5-11-20(12-6-15)28(26,27)24-19-9-7-17(8-10-19)21(25)23-14-16-3-2-4-18(22)13-16/h2-13,24H,14H2,1H3,(H,23,25). The third kappa shape index (κ3) is 4.95. The van der Waals surface area contributed by atoms with Gasteiger partial charge >= 0.3 is 0 Å². The number of amides is 1. The number of anilines is 1. The molecule has 3 rings (SSSR count). The Balaban J connectivity index is 1.64. The predicted molar refractivity (Wildman–Crippen MR) is 106 cm³/mol. The highest BCUT2D eigenvalue weighted by atomic mass is 32.2. The van der Waals surface area contributed by atoms with Crippen LogP contribution in [0.4, 0.5) is 10.1 Å². The monoisotopic (exact) mass is 398 g/mol. The molecule has 2 N–H and O–H groups in total. The fraction of sp³-hybridized carbons (Fsp3) is 0.0952. The highest BCUT2D eigenvalue weighted by molar-refractivity contribution is 7.92. The predicted octanol–water partition coefficient (Wildman–Crippen LogP) is 3.86. The summed E-state index contributed by atoms with van der Waals surface area (Å²) < 4.78 is 40.4. The Morgan fingerprint density at radius 1 is 0.964 bits per heavy atom. The molecule has 0 aliphatic rings. The van der Waals surface area contributed by atoms with Crippen LogP contribution < -0.4 is 10.0 Å². The van der Waals surface area contributed by atoms with Crippen molar-refractivity contribution in [3.8, 4) is 0 Å². The van der Waals surface area contributed by atoms with E-state index in [1.54, 1.807) is 24.3 Å². The lowest BCUT2D eigenvalue weighted by atomic mass is 10.2. The number of rotatable bonds is 6. The van der Waals surface area contributed by atoms with E-state index in [0.29, 0.717) is 16.8 Å². The van der Waals surface area contributed by atoms with E-state index in [4.69, 9.17) is 0 Å². The Kier molecular flexibility index (Phi) is 5.75. The number of nitrogens with one attached hydrogen (secondary N) is 2. The molecule has 0 radical (unpaired) electrons. The lowest BCUT2D eigenvalue weighted by Crippen LogP contribution is -2.22. The molecule has 3 aromatic carbocycles. The second-order valence-electron chi connectivity index (χ2n) is 6.31. The summed E-state index contributed by atoms with van der Waals surface area (Å²) in [5.41, 5.74) is 2.33. The Hall–Kier alpha value is -3.19. The molecular weight excluding hydrogens is 379 g/mol. The van der Waals surface area contributed by atoms with Crippen molar-refractivity contribution in [2.75, 3.05) is 4.72 Å². The molecule has 7 heteroatoms. The minimum Gasteiger partial charge on any atom is -0.348 e. The van der Waals surface area contributed by atoms with E-state index in [0.717, 1.165) is 5.56 Å². The molecule has 144 valence electrons. The van der Waals surface area contributed by atoms with Gasteiger partial charge in [0.15, 0.2) is 0 Å². The molecular formula is C21H19FN2O3S. The van der Waals surface area contributed by atoms with Crippen molar-refractivity contribution in [3.63, 3.8) is 0 Å². The Labute approximate surface area is 163 Å². The van der Waals surface area contributed by atoms with E-state index < -0.39 is 10.0 Å². The maximum Gasteiger partial charge on any atom is 0.261 e. The number of carbonyl (C=O) groups is 1. The van der Waals surface area contributed by atoms with E-state index in [1.165, 1.54) is 48.5 Å². The molecule has 28 heavy (non-hydrogen) atoms. The van der Waals surface area contributed by atoms with Crippen LogP contribution >= 0.6 is 0 Å². The average Bonchev–Trinajstić information content (AvgIpc) is 2.67. The topological polar surface area (TPSA) is 75.3 Å². The molecule has 0 saturated heterocycles. The van der Waals surface area contributed by atoms with Crippen molar-refractivity contribution < 1.29 is 17.6 Å². The van der Waals surface area contributed by atoms with Crippen molar-refractivity contribution >= 4 is 21.6 Å². The first kappa shape index (κ1) is 19.6. The highest BCUT2D eigenvalue weighted by Gasteiger charge is 2.14. The molecule has 3 aromatic rings. The van der Waals surface area contributed by atoms with E-state index in [2.05, 4.69) is 10.0 Å². The summed E-state index contributed by atoms with van der Waals surface area (Å²) in [5, 5.41) is 2.70. The van der Waals surface area contributed by atoms with Crippen molar-refractivity contribution in [1.82, 2.24) is 5.32 Å². The molecule has 0 aliphatic heterocycles. The fourth-order valence-electron chi connectivity index (χ4n) is 2.55. The van der Waals surface area contributed by atoms with Crippen LogP contribution in [-0.2, 0) is 16.6 Å². The zero-order chi connectivity index (χ0) is 20.1. The van der Waals surface area contributed by atoms with Gasteiger partial charge in [-0.3, -0.25) is 9.52 Å². The first-order valence-electron chi connectivity index (χ1n) is 8.56. The van der Waals surface area contributed by atoms with Crippen LogP contribution in [0.25, 0.3) is 0 Å². The van der Waals surface area contributed by atoms with Gasteiger partial charge in [0.1, 0.15) is 5.82 Å². The molecule has 0 unspecified atom stereocenters. The van der Waals surface area contributed by atoms with Crippen molar-refractivity contribution in [2.24, 2.45) is 0 Å². The summed E-state index contributed by atoms with van der Waals surface area (Å²) in [6.07, 6.45) is 0. The van der Waals surface area contributed by atoms with Gasteiger partial charge in [-0.15, -0.1) is 0 Å². The summed E-state index contributed by atoms with van der Waals surface area (Å²) in [5.74, 6) is -0.700. The third-order valence-electron chi connectivity index (χ3n) is 4.07. The molecule has 0 aromatic heterocycles. The van der Waals surface area contributed by atoms with Gasteiger partial charge < -0.3 is 5.32 Å². The lowest BCUT2D eigenvalue weighted by Gasteiger charge is -2.10. The summed E-state index contributed by atoms with van der Waals surface area (Å²) in [6, 6.07) is 18.6. The number of hydrogen-bond donors (Lipinski definition) is 2. The van der Waals surface area contributed by atoms with Gasteiger partial charge in [-0.2, -0.15) is 0 Å². The van der Waals surface area contributed by atoms with Gasteiger partial charge in [0.2, 0.25) is 0 Å². The molecule has 0 bridgehead atoms. The number of aryl methyl sites for hydroxylation is 1. The van der Waals surface area contributed by atoms with Gasteiger partial charge in [0.05, 0.1) is 4.90 Å². The average molecular weight is 398 g/mol. The van der Waals surface area contributed by atoms with Gasteiger partial charge in [-0.1, -0.05) is 29.8 Å². The van der Waals surface area contributed by atoms with E-state index in [1.807, 2.05) is 6.92 Å². The SMILES string of the molecule is Cc1ccc(S(=O)(=O)Nc2ccc(C(=O)NCc3cccc(F)c3)cc2)cc1. The number of hydrogen-bond acceptors (Lipinski definition) is 3. The molecule has 0 fully saturated rings. The van der Waals surface area contributed by atoms with Gasteiger partial charge in [-0.25, -0.2) is 12.8 Å². The quantitative estimate of drug-likeness (QED) is 0.662. The van der Waals surface area contributed by atoms with Crippen molar-refractivity contribution in [1.29, 1.82) is 0 Å². The van der Waals surface area contributed by atoms with Crippen LogP contribution in [0.2, 0.25) is 0 Å². The minimum atomic E-state index is -3.70. The summed E-state index contributed by atoms with van der Waals surface area (Å²) in [4.78, 5) is 12.4. The maximum atomic E-state index is 13.2. The molecule has 5 nitrogen and oxygen atoms in total. The van der Waals surface area contributed by atoms with Crippen molar-refractivity contribution in [3.05, 3.63) is 95.3 Å². The Morgan fingerprint density at radius 2 is 1.64 bits per heavy atom. The van der Waals surface area contributed by atoms with E-state index in [9.17, 15) is 17.6 Å². The summed E-state index contributed by atoms with van der Waals surface area (Å²) >= 11 is 0. The van der Waals surface area contributed by atoms with Crippen LogP contribution in [0.15, 0.2) is 77.7 Å². The molecule has 0 atom stereocenters.